The van der Waals surface area contributed by atoms with Crippen LogP contribution in [0.2, 0.25) is 0 Å². The molecule has 20 heavy (non-hydrogen) atoms. The minimum Gasteiger partial charge on any atom is -0.117 e. The molecule has 0 heterocycles. The van der Waals surface area contributed by atoms with Crippen molar-refractivity contribution in [2.75, 3.05) is 0 Å². The standard InChI is InChI=1S/C16H33Cl3Si/c1-12(2,3)9-13(4,5)10-14(6,7)11-15(8,17)16(18,19)20/h9-11H2,1-8,20H3. The van der Waals surface area contributed by atoms with Crippen molar-refractivity contribution in [1.29, 1.82) is 0 Å². The Balaban J connectivity index is 4.92. The summed E-state index contributed by atoms with van der Waals surface area (Å²) in [6, 6.07) is 0. The first-order chi connectivity index (χ1) is 8.37. The Labute approximate surface area is 144 Å². The van der Waals surface area contributed by atoms with Gasteiger partial charge >= 0.3 is 0 Å². The maximum Gasteiger partial charge on any atom is 0.115 e. The van der Waals surface area contributed by atoms with Gasteiger partial charge in [-0.15, -0.1) is 34.8 Å². The second kappa shape index (κ2) is 6.30. The molecule has 0 aromatic carbocycles. The molecule has 0 N–H and O–H groups in total. The largest absolute Gasteiger partial charge is 0.117 e. The van der Waals surface area contributed by atoms with Crippen LogP contribution in [0.4, 0.5) is 0 Å². The molecule has 0 saturated heterocycles. The third kappa shape index (κ3) is 7.92. The van der Waals surface area contributed by atoms with E-state index >= 15 is 0 Å². The molecule has 0 aromatic rings. The van der Waals surface area contributed by atoms with Gasteiger partial charge in [0.25, 0.3) is 0 Å². The van der Waals surface area contributed by atoms with E-state index in [9.17, 15) is 0 Å². The first-order valence-electron chi connectivity index (χ1n) is 7.44. The third-order valence-corrected chi connectivity index (χ3v) is 6.65. The van der Waals surface area contributed by atoms with Gasteiger partial charge in [0.1, 0.15) is 3.96 Å². The van der Waals surface area contributed by atoms with E-state index < -0.39 is 8.83 Å². The fourth-order valence-electron chi connectivity index (χ4n) is 3.91. The zero-order valence-corrected chi connectivity index (χ0v) is 19.0. The van der Waals surface area contributed by atoms with Crippen LogP contribution in [-0.4, -0.2) is 19.1 Å². The molecule has 0 spiro atoms. The Morgan fingerprint density at radius 1 is 0.650 bits per heavy atom. The van der Waals surface area contributed by atoms with Gasteiger partial charge in [0.15, 0.2) is 0 Å². The summed E-state index contributed by atoms with van der Waals surface area (Å²) in [5, 5.41) is 0. The molecule has 0 fully saturated rings. The summed E-state index contributed by atoms with van der Waals surface area (Å²) in [5.74, 6) is 0. The normalized spacial score (nSPS) is 18.1. The smallest absolute Gasteiger partial charge is 0.115 e. The van der Waals surface area contributed by atoms with E-state index in [4.69, 9.17) is 34.8 Å². The lowest BCUT2D eigenvalue weighted by Crippen LogP contribution is -2.43. The zero-order valence-electron chi connectivity index (χ0n) is 14.8. The maximum atomic E-state index is 6.63. The first-order valence-corrected chi connectivity index (χ1v) is 9.57. The molecule has 1 atom stereocenters. The molecule has 0 aromatic heterocycles. The molecule has 0 aliphatic carbocycles. The van der Waals surface area contributed by atoms with E-state index in [1.807, 2.05) is 6.92 Å². The molecule has 0 saturated carbocycles. The number of hydrogen-bond acceptors (Lipinski definition) is 0. The van der Waals surface area contributed by atoms with Gasteiger partial charge in [-0.1, -0.05) is 48.5 Å². The van der Waals surface area contributed by atoms with Crippen LogP contribution >= 0.6 is 34.8 Å². The minimum absolute atomic E-state index is 0.116. The SMILES string of the molecule is CC(C)(C)CC(C)(C)CC(C)(C)CC(C)(Cl)C([SiH3])(Cl)Cl. The van der Waals surface area contributed by atoms with Crippen molar-refractivity contribution in [3.8, 4) is 0 Å². The molecule has 0 rings (SSSR count). The average molecular weight is 360 g/mol. The maximum absolute atomic E-state index is 6.63. The Hall–Kier alpha value is 1.09. The van der Waals surface area contributed by atoms with E-state index in [1.54, 1.807) is 0 Å². The van der Waals surface area contributed by atoms with Gasteiger partial charge in [-0.25, -0.2) is 0 Å². The van der Waals surface area contributed by atoms with E-state index in [0.717, 1.165) is 12.8 Å². The van der Waals surface area contributed by atoms with Crippen molar-refractivity contribution in [1.82, 2.24) is 0 Å². The topological polar surface area (TPSA) is 0 Å². The van der Waals surface area contributed by atoms with Gasteiger partial charge in [0.05, 0.1) is 15.1 Å². The number of rotatable bonds is 6. The summed E-state index contributed by atoms with van der Waals surface area (Å²) in [6.07, 6.45) is 3.13. The fourth-order valence-corrected chi connectivity index (χ4v) is 4.58. The minimum atomic E-state index is -0.792. The van der Waals surface area contributed by atoms with Crippen molar-refractivity contribution in [2.45, 2.75) is 83.5 Å². The van der Waals surface area contributed by atoms with Crippen molar-refractivity contribution < 1.29 is 0 Å². The van der Waals surface area contributed by atoms with Crippen LogP contribution in [0.5, 0.6) is 0 Å². The van der Waals surface area contributed by atoms with Gasteiger partial charge in [0, 0.05) is 0 Å². The molecule has 0 nitrogen and oxygen atoms in total. The highest BCUT2D eigenvalue weighted by molar-refractivity contribution is 6.68. The van der Waals surface area contributed by atoms with Crippen LogP contribution < -0.4 is 0 Å². The summed E-state index contributed by atoms with van der Waals surface area (Å²) in [6.45, 7) is 18.1. The zero-order chi connectivity index (χ0) is 16.6. The van der Waals surface area contributed by atoms with Crippen LogP contribution in [0.25, 0.3) is 0 Å². The van der Waals surface area contributed by atoms with Crippen LogP contribution in [0.15, 0.2) is 0 Å². The summed E-state index contributed by atoms with van der Waals surface area (Å²) >= 11 is 19.2. The molecule has 0 amide bonds. The van der Waals surface area contributed by atoms with Crippen molar-refractivity contribution in [2.24, 2.45) is 16.2 Å². The van der Waals surface area contributed by atoms with Crippen LogP contribution in [0.3, 0.4) is 0 Å². The second-order valence-corrected chi connectivity index (χ2v) is 14.8. The second-order valence-electron chi connectivity index (χ2n) is 9.51. The van der Waals surface area contributed by atoms with E-state index in [1.165, 1.54) is 6.42 Å². The lowest BCUT2D eigenvalue weighted by Gasteiger charge is -2.43. The van der Waals surface area contributed by atoms with Gasteiger partial charge in [-0.3, -0.25) is 0 Å². The average Bonchev–Trinajstić information content (AvgIpc) is 1.88. The Kier molecular flexibility index (Phi) is 6.64. The van der Waals surface area contributed by atoms with E-state index in [2.05, 4.69) is 48.5 Å². The van der Waals surface area contributed by atoms with Gasteiger partial charge < -0.3 is 0 Å². The molecule has 4 heteroatoms. The van der Waals surface area contributed by atoms with Crippen LogP contribution in [0.1, 0.15) is 74.7 Å². The highest BCUT2D eigenvalue weighted by Gasteiger charge is 2.45. The van der Waals surface area contributed by atoms with E-state index in [0.29, 0.717) is 15.7 Å². The lowest BCUT2D eigenvalue weighted by molar-refractivity contribution is 0.119. The monoisotopic (exact) mass is 358 g/mol. The first kappa shape index (κ1) is 21.1. The molecule has 0 radical (unpaired) electrons. The third-order valence-electron chi connectivity index (χ3n) is 3.69. The summed E-state index contributed by atoms with van der Waals surface area (Å²) in [4.78, 5) is -0.566. The summed E-state index contributed by atoms with van der Waals surface area (Å²) in [7, 11) is 0.664. The van der Waals surface area contributed by atoms with Crippen molar-refractivity contribution in [3.05, 3.63) is 0 Å². The lowest BCUT2D eigenvalue weighted by atomic mass is 9.66. The Bertz CT molecular complexity index is 320. The van der Waals surface area contributed by atoms with Gasteiger partial charge in [-0.05, 0) is 42.4 Å². The molecule has 1 unspecified atom stereocenters. The molecule has 0 aliphatic rings. The van der Waals surface area contributed by atoms with Crippen LogP contribution in [0, 0.1) is 16.2 Å². The predicted octanol–water partition coefficient (Wildman–Crippen LogP) is 5.75. The summed E-state index contributed by atoms with van der Waals surface area (Å²) in [5.41, 5.74) is 0.732. The van der Waals surface area contributed by atoms with Gasteiger partial charge in [-0.2, -0.15) is 0 Å². The molecule has 0 bridgehead atoms. The van der Waals surface area contributed by atoms with Crippen LogP contribution in [-0.2, 0) is 0 Å². The highest BCUT2D eigenvalue weighted by Crippen LogP contribution is 2.49. The fraction of sp³-hybridized carbons (Fsp3) is 1.00. The Morgan fingerprint density at radius 2 is 1.00 bits per heavy atom. The summed E-state index contributed by atoms with van der Waals surface area (Å²) < 4.78 is -0.792. The van der Waals surface area contributed by atoms with Crippen molar-refractivity contribution >= 4 is 45.0 Å². The molecular formula is C16H33Cl3Si. The van der Waals surface area contributed by atoms with Crippen molar-refractivity contribution in [3.63, 3.8) is 0 Å². The van der Waals surface area contributed by atoms with E-state index in [-0.39, 0.29) is 10.8 Å². The number of hydrogen-bond donors (Lipinski definition) is 0. The molecular weight excluding hydrogens is 327 g/mol. The quantitative estimate of drug-likeness (QED) is 0.418. The highest BCUT2D eigenvalue weighted by atomic mass is 35.5. The van der Waals surface area contributed by atoms with Gasteiger partial charge in [0.2, 0.25) is 0 Å². The Morgan fingerprint density at radius 3 is 1.30 bits per heavy atom. The molecule has 122 valence electrons. The predicted molar refractivity (Wildman–Crippen MR) is 99.5 cm³/mol. The number of halogens is 3. The number of alkyl halides is 3. The molecule has 0 aliphatic heterocycles.